The number of carbonyl (C=O) groups excluding carboxylic acids is 1. The van der Waals surface area contributed by atoms with Crippen molar-refractivity contribution in [2.45, 2.75) is 26.9 Å². The van der Waals surface area contributed by atoms with Crippen molar-refractivity contribution in [3.63, 3.8) is 0 Å². The maximum Gasteiger partial charge on any atom is 0.257 e. The summed E-state index contributed by atoms with van der Waals surface area (Å²) in [6, 6.07) is 17.8. The molecule has 2 aromatic heterocycles. The maximum atomic E-state index is 12.9. The molecule has 5 rings (SSSR count). The Kier molecular flexibility index (Phi) is 7.57. The molecule has 39 heavy (non-hydrogen) atoms. The summed E-state index contributed by atoms with van der Waals surface area (Å²) in [5.74, 6) is 1.70. The van der Waals surface area contributed by atoms with Crippen molar-refractivity contribution in [1.29, 1.82) is 0 Å². The van der Waals surface area contributed by atoms with Crippen LogP contribution in [0.1, 0.15) is 33.1 Å². The van der Waals surface area contributed by atoms with E-state index in [1.807, 2.05) is 44.3 Å². The zero-order valence-electron chi connectivity index (χ0n) is 22.0. The first-order chi connectivity index (χ1) is 18.9. The quantitative estimate of drug-likeness (QED) is 0.346. The van der Waals surface area contributed by atoms with Gasteiger partial charge in [0.1, 0.15) is 17.3 Å². The van der Waals surface area contributed by atoms with Crippen molar-refractivity contribution in [2.24, 2.45) is 0 Å². The molecular weight excluding hydrogens is 492 g/mol. The van der Waals surface area contributed by atoms with Crippen LogP contribution in [0.15, 0.2) is 66.9 Å². The third-order valence-corrected chi connectivity index (χ3v) is 6.88. The summed E-state index contributed by atoms with van der Waals surface area (Å²) in [7, 11) is 0. The molecule has 0 aliphatic carbocycles. The van der Waals surface area contributed by atoms with Crippen LogP contribution in [0.5, 0.6) is 17.4 Å². The molecule has 1 amide bonds. The lowest BCUT2D eigenvalue weighted by molar-refractivity contribution is 0.0623. The molecule has 0 atom stereocenters. The number of phenols is 1. The number of ether oxygens (including phenoxy) is 1. The van der Waals surface area contributed by atoms with Gasteiger partial charge in [0.15, 0.2) is 0 Å². The lowest BCUT2D eigenvalue weighted by Crippen LogP contribution is -2.48. The first kappa shape index (κ1) is 25.9. The minimum absolute atomic E-state index is 0.0115. The second kappa shape index (κ2) is 11.4. The Morgan fingerprint density at radius 2 is 1.82 bits per heavy atom. The SMILES string of the molecule is [C-]#[N+]c1ccc(Cn2c(CN3CCN(C(=O)c4ccccc4O)CC3)cnc2C)cc1Oc1cccc(C)n1. The molecule has 1 saturated heterocycles. The molecule has 0 bridgehead atoms. The summed E-state index contributed by atoms with van der Waals surface area (Å²) in [6.45, 7) is 15.3. The molecule has 1 aliphatic heterocycles. The van der Waals surface area contributed by atoms with Crippen LogP contribution >= 0.6 is 0 Å². The van der Waals surface area contributed by atoms with E-state index < -0.39 is 0 Å². The lowest BCUT2D eigenvalue weighted by Gasteiger charge is -2.35. The second-order valence-electron chi connectivity index (χ2n) is 9.60. The largest absolute Gasteiger partial charge is 0.507 e. The van der Waals surface area contributed by atoms with Crippen molar-refractivity contribution in [2.75, 3.05) is 26.2 Å². The van der Waals surface area contributed by atoms with Crippen LogP contribution in [-0.2, 0) is 13.1 Å². The van der Waals surface area contributed by atoms with E-state index in [4.69, 9.17) is 11.3 Å². The van der Waals surface area contributed by atoms with Crippen molar-refractivity contribution < 1.29 is 14.6 Å². The van der Waals surface area contributed by atoms with E-state index >= 15 is 0 Å². The standard InChI is InChI=1S/C30H30N6O3/c1-21-7-6-10-29(33-21)39-28-17-23(11-12-26(28)31-3)19-36-22(2)32-18-24(36)20-34-13-15-35(16-14-34)30(38)25-8-4-5-9-27(25)37/h4-12,17-18,37H,13-16,19-20H2,1-2H3. The summed E-state index contributed by atoms with van der Waals surface area (Å²) in [6.07, 6.45) is 1.90. The number of aromatic hydroxyl groups is 1. The van der Waals surface area contributed by atoms with Crippen LogP contribution < -0.4 is 4.74 Å². The van der Waals surface area contributed by atoms with Gasteiger partial charge in [-0.25, -0.2) is 14.8 Å². The zero-order valence-corrected chi connectivity index (χ0v) is 22.0. The van der Waals surface area contributed by atoms with Crippen molar-refractivity contribution in [3.8, 4) is 17.4 Å². The molecule has 198 valence electrons. The van der Waals surface area contributed by atoms with Gasteiger partial charge in [0, 0.05) is 57.2 Å². The van der Waals surface area contributed by atoms with Crippen LogP contribution in [0.4, 0.5) is 5.69 Å². The second-order valence-corrected chi connectivity index (χ2v) is 9.60. The number of phenolic OH excluding ortho intramolecular Hbond substituents is 1. The van der Waals surface area contributed by atoms with Gasteiger partial charge in [0.2, 0.25) is 11.6 Å². The zero-order chi connectivity index (χ0) is 27.4. The van der Waals surface area contributed by atoms with E-state index in [9.17, 15) is 9.90 Å². The number of amides is 1. The van der Waals surface area contributed by atoms with Gasteiger partial charge in [-0.3, -0.25) is 9.69 Å². The highest BCUT2D eigenvalue weighted by Crippen LogP contribution is 2.33. The molecule has 1 N–H and O–H groups in total. The number of hydrogen-bond acceptors (Lipinski definition) is 6. The number of benzene rings is 2. The molecule has 4 aromatic rings. The van der Waals surface area contributed by atoms with Gasteiger partial charge < -0.3 is 19.3 Å². The molecule has 0 saturated carbocycles. The number of rotatable bonds is 7. The van der Waals surface area contributed by atoms with E-state index in [0.29, 0.717) is 49.1 Å². The fourth-order valence-corrected chi connectivity index (χ4v) is 4.72. The monoisotopic (exact) mass is 522 g/mol. The van der Waals surface area contributed by atoms with Crippen LogP contribution in [0.25, 0.3) is 4.85 Å². The van der Waals surface area contributed by atoms with Crippen molar-refractivity contribution in [3.05, 3.63) is 107 Å². The smallest absolute Gasteiger partial charge is 0.257 e. The molecule has 9 nitrogen and oxygen atoms in total. The normalized spacial score (nSPS) is 13.7. The summed E-state index contributed by atoms with van der Waals surface area (Å²) in [5, 5.41) is 10.1. The number of hydrogen-bond donors (Lipinski definition) is 1. The van der Waals surface area contributed by atoms with Crippen LogP contribution in [-0.4, -0.2) is 61.5 Å². The number of imidazole rings is 1. The molecular formula is C30H30N6O3. The van der Waals surface area contributed by atoms with Crippen molar-refractivity contribution in [1.82, 2.24) is 24.3 Å². The van der Waals surface area contributed by atoms with Crippen molar-refractivity contribution >= 4 is 11.6 Å². The van der Waals surface area contributed by atoms with E-state index in [2.05, 4.69) is 24.3 Å². The third-order valence-electron chi connectivity index (χ3n) is 6.88. The fourth-order valence-electron chi connectivity index (χ4n) is 4.72. The Hall–Kier alpha value is -4.68. The molecule has 2 aromatic carbocycles. The van der Waals surface area contributed by atoms with Crippen LogP contribution in [0.3, 0.4) is 0 Å². The number of nitrogens with zero attached hydrogens (tertiary/aromatic N) is 6. The fraction of sp³-hybridized carbons (Fsp3) is 0.267. The summed E-state index contributed by atoms with van der Waals surface area (Å²) in [5.41, 5.74) is 3.68. The minimum Gasteiger partial charge on any atom is -0.507 e. The Morgan fingerprint density at radius 3 is 2.56 bits per heavy atom. The Labute approximate surface area is 227 Å². The maximum absolute atomic E-state index is 12.9. The Morgan fingerprint density at radius 1 is 1.03 bits per heavy atom. The van der Waals surface area contributed by atoms with Gasteiger partial charge in [-0.15, -0.1) is 0 Å². The first-order valence-corrected chi connectivity index (χ1v) is 12.8. The highest BCUT2D eigenvalue weighted by Gasteiger charge is 2.24. The first-order valence-electron chi connectivity index (χ1n) is 12.8. The van der Waals surface area contributed by atoms with Gasteiger partial charge in [0.05, 0.1) is 17.8 Å². The Balaban J connectivity index is 1.26. The van der Waals surface area contributed by atoms with E-state index in [0.717, 1.165) is 35.9 Å². The number of aromatic nitrogens is 3. The van der Waals surface area contributed by atoms with Gasteiger partial charge in [-0.2, -0.15) is 0 Å². The Bertz CT molecular complexity index is 1530. The number of piperazine rings is 1. The number of pyridine rings is 1. The van der Waals surface area contributed by atoms with Gasteiger partial charge >= 0.3 is 0 Å². The van der Waals surface area contributed by atoms with E-state index in [-0.39, 0.29) is 11.7 Å². The molecule has 0 unspecified atom stereocenters. The summed E-state index contributed by atoms with van der Waals surface area (Å²) >= 11 is 0. The van der Waals surface area contributed by atoms with E-state index in [1.54, 1.807) is 35.2 Å². The van der Waals surface area contributed by atoms with Crippen LogP contribution in [0.2, 0.25) is 0 Å². The highest BCUT2D eigenvalue weighted by atomic mass is 16.5. The highest BCUT2D eigenvalue weighted by molar-refractivity contribution is 5.96. The predicted octanol–water partition coefficient (Wildman–Crippen LogP) is 4.95. The molecule has 9 heteroatoms. The number of para-hydroxylation sites is 1. The minimum atomic E-state index is -0.143. The van der Waals surface area contributed by atoms with E-state index in [1.165, 1.54) is 6.07 Å². The average molecular weight is 523 g/mol. The van der Waals surface area contributed by atoms with Crippen LogP contribution in [0, 0.1) is 20.4 Å². The predicted molar refractivity (Wildman–Crippen MR) is 147 cm³/mol. The summed E-state index contributed by atoms with van der Waals surface area (Å²) < 4.78 is 8.15. The molecule has 1 aliphatic rings. The third kappa shape index (κ3) is 5.92. The molecule has 0 spiro atoms. The number of carbonyl (C=O) groups is 1. The average Bonchev–Trinajstić information content (AvgIpc) is 3.27. The summed E-state index contributed by atoms with van der Waals surface area (Å²) in [4.78, 5) is 29.5. The molecule has 1 fully saturated rings. The molecule has 0 radical (unpaired) electrons. The topological polar surface area (TPSA) is 88.1 Å². The van der Waals surface area contributed by atoms with Gasteiger partial charge in [-0.1, -0.05) is 30.3 Å². The van der Waals surface area contributed by atoms with Gasteiger partial charge in [-0.05, 0) is 43.7 Å². The molecule has 3 heterocycles. The number of aryl methyl sites for hydroxylation is 2. The van der Waals surface area contributed by atoms with Gasteiger partial charge in [0.25, 0.3) is 5.91 Å². The lowest BCUT2D eigenvalue weighted by atomic mass is 10.1.